The van der Waals surface area contributed by atoms with Gasteiger partial charge in [0.2, 0.25) is 5.95 Å². The zero-order chi connectivity index (χ0) is 22.5. The Bertz CT molecular complexity index is 1050. The maximum absolute atomic E-state index is 11.0. The van der Waals surface area contributed by atoms with Gasteiger partial charge in [0, 0.05) is 50.1 Å². The number of carbonyl (C=O) groups is 1. The van der Waals surface area contributed by atoms with Crippen molar-refractivity contribution in [1.29, 1.82) is 0 Å². The van der Waals surface area contributed by atoms with Crippen LogP contribution in [0.25, 0.3) is 11.3 Å². The third-order valence-corrected chi connectivity index (χ3v) is 6.03. The highest BCUT2D eigenvalue weighted by Crippen LogP contribution is 2.31. The molecule has 3 aromatic rings. The van der Waals surface area contributed by atoms with E-state index >= 15 is 0 Å². The summed E-state index contributed by atoms with van der Waals surface area (Å²) >= 11 is 0. The number of aromatic nitrogens is 3. The Morgan fingerprint density at radius 3 is 2.44 bits per heavy atom. The van der Waals surface area contributed by atoms with Gasteiger partial charge in [0.15, 0.2) is 0 Å². The Kier molecular flexibility index (Phi) is 6.63. The molecule has 4 rings (SSSR count). The minimum absolute atomic E-state index is 0.156. The van der Waals surface area contributed by atoms with Crippen LogP contribution in [-0.2, 0) is 0 Å². The van der Waals surface area contributed by atoms with Crippen molar-refractivity contribution in [2.75, 3.05) is 18.0 Å². The molecule has 0 saturated carbocycles. The first-order chi connectivity index (χ1) is 15.5. The molecule has 0 spiro atoms. The Morgan fingerprint density at radius 2 is 1.81 bits per heavy atom. The molecule has 1 atom stereocenters. The largest absolute Gasteiger partial charge is 0.490 e. The summed E-state index contributed by atoms with van der Waals surface area (Å²) in [4.78, 5) is 26.4. The molecule has 1 fully saturated rings. The van der Waals surface area contributed by atoms with E-state index in [9.17, 15) is 4.79 Å². The van der Waals surface area contributed by atoms with Crippen molar-refractivity contribution in [2.24, 2.45) is 0 Å². The number of rotatable bonds is 7. The van der Waals surface area contributed by atoms with Crippen LogP contribution in [0.15, 0.2) is 55.0 Å². The lowest BCUT2D eigenvalue weighted by molar-refractivity contribution is 0.0696. The molecule has 1 saturated heterocycles. The first-order valence-corrected chi connectivity index (χ1v) is 11.1. The standard InChI is InChI=1S/C25H28N4O3/c1-3-17(2)21-6-4-5-7-23(21)32-20-10-12-29(13-11-20)25-27-15-19(16-28-25)22-9-8-18(14-26-22)24(30)31/h4-9,14-17,20H,3,10-13H2,1-2H3,(H,30,31). The normalized spacial score (nSPS) is 15.4. The molecule has 0 amide bonds. The van der Waals surface area contributed by atoms with Gasteiger partial charge in [-0.1, -0.05) is 32.0 Å². The summed E-state index contributed by atoms with van der Waals surface area (Å²) in [6.07, 6.45) is 7.91. The van der Waals surface area contributed by atoms with Crippen LogP contribution in [0.4, 0.5) is 5.95 Å². The van der Waals surface area contributed by atoms with Crippen LogP contribution in [0, 0.1) is 0 Å². The molecule has 3 heterocycles. The van der Waals surface area contributed by atoms with Crippen molar-refractivity contribution >= 4 is 11.9 Å². The summed E-state index contributed by atoms with van der Waals surface area (Å²) in [7, 11) is 0. The highest BCUT2D eigenvalue weighted by atomic mass is 16.5. The highest BCUT2D eigenvalue weighted by molar-refractivity contribution is 5.87. The fourth-order valence-corrected chi connectivity index (χ4v) is 3.88. The topological polar surface area (TPSA) is 88.4 Å². The van der Waals surface area contributed by atoms with Crippen LogP contribution in [0.2, 0.25) is 0 Å². The van der Waals surface area contributed by atoms with Gasteiger partial charge < -0.3 is 14.7 Å². The van der Waals surface area contributed by atoms with Crippen LogP contribution in [0.1, 0.15) is 54.9 Å². The number of hydrogen-bond donors (Lipinski definition) is 1. The van der Waals surface area contributed by atoms with Gasteiger partial charge in [0.25, 0.3) is 0 Å². The van der Waals surface area contributed by atoms with Crippen LogP contribution >= 0.6 is 0 Å². The van der Waals surface area contributed by atoms with Crippen molar-refractivity contribution in [1.82, 2.24) is 15.0 Å². The minimum Gasteiger partial charge on any atom is -0.490 e. The molecule has 32 heavy (non-hydrogen) atoms. The SMILES string of the molecule is CCC(C)c1ccccc1OC1CCN(c2ncc(-c3ccc(C(=O)O)cn3)cn2)CC1. The van der Waals surface area contributed by atoms with Gasteiger partial charge in [0.1, 0.15) is 11.9 Å². The molecule has 0 aliphatic carbocycles. The molecular weight excluding hydrogens is 404 g/mol. The first-order valence-electron chi connectivity index (χ1n) is 11.1. The number of hydrogen-bond acceptors (Lipinski definition) is 6. The van der Waals surface area contributed by atoms with Crippen LogP contribution in [-0.4, -0.2) is 45.2 Å². The number of nitrogens with zero attached hydrogens (tertiary/aromatic N) is 4. The van der Waals surface area contributed by atoms with Gasteiger partial charge in [0.05, 0.1) is 11.3 Å². The summed E-state index contributed by atoms with van der Waals surface area (Å²) in [5.41, 5.74) is 2.84. The fraction of sp³-hybridized carbons (Fsp3) is 0.360. The second-order valence-electron chi connectivity index (χ2n) is 8.16. The van der Waals surface area contributed by atoms with E-state index in [2.05, 4.69) is 51.9 Å². The number of piperidine rings is 1. The number of aromatic carboxylic acids is 1. The number of para-hydroxylation sites is 1. The average Bonchev–Trinajstić information content (AvgIpc) is 2.84. The molecule has 1 aliphatic heterocycles. The second-order valence-corrected chi connectivity index (χ2v) is 8.16. The van der Waals surface area contributed by atoms with Gasteiger partial charge >= 0.3 is 5.97 Å². The lowest BCUT2D eigenvalue weighted by Gasteiger charge is -2.32. The number of carboxylic acids is 1. The lowest BCUT2D eigenvalue weighted by atomic mass is 9.97. The number of ether oxygens (including phenoxy) is 1. The van der Waals surface area contributed by atoms with Crippen molar-refractivity contribution in [3.63, 3.8) is 0 Å². The molecule has 0 radical (unpaired) electrons. The van der Waals surface area contributed by atoms with Crippen LogP contribution in [0.3, 0.4) is 0 Å². The highest BCUT2D eigenvalue weighted by Gasteiger charge is 2.23. The fourth-order valence-electron chi connectivity index (χ4n) is 3.88. The molecule has 1 unspecified atom stereocenters. The zero-order valence-electron chi connectivity index (χ0n) is 18.4. The summed E-state index contributed by atoms with van der Waals surface area (Å²) in [6, 6.07) is 11.6. The first kappa shape index (κ1) is 21.7. The predicted molar refractivity (Wildman–Crippen MR) is 123 cm³/mol. The van der Waals surface area contributed by atoms with Crippen molar-refractivity contribution in [3.05, 3.63) is 66.1 Å². The average molecular weight is 433 g/mol. The molecule has 7 heteroatoms. The van der Waals surface area contributed by atoms with Crippen molar-refractivity contribution in [3.8, 4) is 17.0 Å². The summed E-state index contributed by atoms with van der Waals surface area (Å²) < 4.78 is 6.38. The van der Waals surface area contributed by atoms with Gasteiger partial charge in [-0.2, -0.15) is 0 Å². The van der Waals surface area contributed by atoms with E-state index in [4.69, 9.17) is 9.84 Å². The third-order valence-electron chi connectivity index (χ3n) is 6.03. The molecule has 166 valence electrons. The maximum atomic E-state index is 11.0. The molecular formula is C25H28N4O3. The summed E-state index contributed by atoms with van der Waals surface area (Å²) in [5.74, 6) is 1.18. The van der Waals surface area contributed by atoms with E-state index in [-0.39, 0.29) is 11.7 Å². The summed E-state index contributed by atoms with van der Waals surface area (Å²) in [5, 5.41) is 9.00. The quantitative estimate of drug-likeness (QED) is 0.574. The smallest absolute Gasteiger partial charge is 0.337 e. The van der Waals surface area contributed by atoms with Gasteiger partial charge in [-0.15, -0.1) is 0 Å². The minimum atomic E-state index is -0.994. The van der Waals surface area contributed by atoms with Crippen LogP contribution in [0.5, 0.6) is 5.75 Å². The van der Waals surface area contributed by atoms with Gasteiger partial charge in [-0.05, 0) is 36.1 Å². The Hall–Kier alpha value is -3.48. The number of benzene rings is 1. The molecule has 1 aromatic carbocycles. The van der Waals surface area contributed by atoms with E-state index in [0.717, 1.165) is 43.7 Å². The van der Waals surface area contributed by atoms with Crippen molar-refractivity contribution < 1.29 is 14.6 Å². The number of anilines is 1. The van der Waals surface area contributed by atoms with E-state index in [1.165, 1.54) is 17.8 Å². The van der Waals surface area contributed by atoms with E-state index in [1.54, 1.807) is 18.5 Å². The second kappa shape index (κ2) is 9.77. The Morgan fingerprint density at radius 1 is 1.09 bits per heavy atom. The molecule has 0 bridgehead atoms. The Balaban J connectivity index is 1.36. The zero-order valence-corrected chi connectivity index (χ0v) is 18.4. The molecule has 1 N–H and O–H groups in total. The van der Waals surface area contributed by atoms with Gasteiger partial charge in [-0.25, -0.2) is 14.8 Å². The molecule has 7 nitrogen and oxygen atoms in total. The maximum Gasteiger partial charge on any atom is 0.337 e. The Labute approximate surface area is 188 Å². The van der Waals surface area contributed by atoms with Crippen LogP contribution < -0.4 is 9.64 Å². The van der Waals surface area contributed by atoms with Crippen molar-refractivity contribution in [2.45, 2.75) is 45.1 Å². The monoisotopic (exact) mass is 432 g/mol. The van der Waals surface area contributed by atoms with E-state index in [1.807, 2.05) is 6.07 Å². The van der Waals surface area contributed by atoms with E-state index in [0.29, 0.717) is 17.6 Å². The predicted octanol–water partition coefficient (Wildman–Crippen LogP) is 4.80. The third kappa shape index (κ3) is 4.88. The molecule has 2 aromatic heterocycles. The molecule has 1 aliphatic rings. The summed E-state index contributed by atoms with van der Waals surface area (Å²) in [6.45, 7) is 6.11. The number of carboxylic acid groups (broad SMARTS) is 1. The van der Waals surface area contributed by atoms with Gasteiger partial charge in [-0.3, -0.25) is 4.98 Å². The lowest BCUT2D eigenvalue weighted by Crippen LogP contribution is -2.39. The number of pyridine rings is 1. The van der Waals surface area contributed by atoms with E-state index < -0.39 is 5.97 Å².